The molecule has 130 valence electrons. The summed E-state index contributed by atoms with van der Waals surface area (Å²) in [6.07, 6.45) is 2.10. The molecule has 0 unspecified atom stereocenters. The van der Waals surface area contributed by atoms with Crippen molar-refractivity contribution in [2.45, 2.75) is 13.3 Å². The lowest BCUT2D eigenvalue weighted by Gasteiger charge is -2.05. The van der Waals surface area contributed by atoms with Crippen LogP contribution in [0.3, 0.4) is 0 Å². The topological polar surface area (TPSA) is 109 Å². The first-order valence-electron chi connectivity index (χ1n) is 8.06. The predicted octanol–water partition coefficient (Wildman–Crippen LogP) is 3.18. The maximum absolute atomic E-state index is 12.3. The van der Waals surface area contributed by atoms with Crippen LogP contribution in [0, 0.1) is 6.92 Å². The van der Waals surface area contributed by atoms with E-state index in [2.05, 4.69) is 31.0 Å². The third-order valence-corrected chi connectivity index (χ3v) is 3.84. The Morgan fingerprint density at radius 2 is 1.92 bits per heavy atom. The fourth-order valence-corrected chi connectivity index (χ4v) is 2.66. The highest BCUT2D eigenvalue weighted by molar-refractivity contribution is 5.95. The molecule has 8 heteroatoms. The van der Waals surface area contributed by atoms with Crippen LogP contribution < -0.4 is 10.6 Å². The minimum absolute atomic E-state index is 0.156. The summed E-state index contributed by atoms with van der Waals surface area (Å²) in [5.41, 5.74) is 1.94. The zero-order chi connectivity index (χ0) is 17.9. The molecule has 0 saturated heterocycles. The van der Waals surface area contributed by atoms with Crippen LogP contribution in [-0.4, -0.2) is 26.2 Å². The van der Waals surface area contributed by atoms with Crippen LogP contribution in [0.5, 0.6) is 0 Å². The van der Waals surface area contributed by atoms with Gasteiger partial charge in [-0.2, -0.15) is 0 Å². The third-order valence-electron chi connectivity index (χ3n) is 3.84. The van der Waals surface area contributed by atoms with E-state index in [0.29, 0.717) is 23.2 Å². The van der Waals surface area contributed by atoms with E-state index in [4.69, 9.17) is 4.52 Å². The predicted molar refractivity (Wildman–Crippen MR) is 97.2 cm³/mol. The number of amides is 1. The first kappa shape index (κ1) is 15.8. The van der Waals surface area contributed by atoms with E-state index >= 15 is 0 Å². The number of fused-ring (bicyclic) bond motifs is 1. The smallest absolute Gasteiger partial charge is 0.230 e. The summed E-state index contributed by atoms with van der Waals surface area (Å²) in [6.45, 7) is 1.80. The Kier molecular flexibility index (Phi) is 4.06. The molecule has 0 atom stereocenters. The number of carbonyl (C=O) groups excluding carboxylic acids is 1. The van der Waals surface area contributed by atoms with Crippen molar-refractivity contribution >= 4 is 34.3 Å². The number of aryl methyl sites for hydroxylation is 1. The van der Waals surface area contributed by atoms with Crippen molar-refractivity contribution in [3.05, 3.63) is 60.0 Å². The number of carbonyl (C=O) groups is 1. The molecule has 26 heavy (non-hydrogen) atoms. The van der Waals surface area contributed by atoms with Crippen molar-refractivity contribution in [2.24, 2.45) is 0 Å². The Morgan fingerprint density at radius 3 is 2.69 bits per heavy atom. The first-order valence-corrected chi connectivity index (χ1v) is 8.06. The standard InChI is InChI=1S/C18H16N6O2/c1-11-8-17(24-26-11)20-15-6-7-16(23-22-15)21-18(25)9-12-10-19-14-5-3-2-4-13(12)14/h2-8,10,19H,9H2,1H3,(H,20,22,24)(H,21,23,25). The van der Waals surface area contributed by atoms with Crippen LogP contribution in [0.15, 0.2) is 53.2 Å². The van der Waals surface area contributed by atoms with Crippen LogP contribution in [0.1, 0.15) is 11.3 Å². The second-order valence-corrected chi connectivity index (χ2v) is 5.84. The molecule has 3 aromatic heterocycles. The van der Waals surface area contributed by atoms with Crippen LogP contribution >= 0.6 is 0 Å². The monoisotopic (exact) mass is 348 g/mol. The molecule has 0 aliphatic carbocycles. The van der Waals surface area contributed by atoms with Gasteiger partial charge >= 0.3 is 0 Å². The molecule has 0 radical (unpaired) electrons. The van der Waals surface area contributed by atoms with Crippen LogP contribution in [0.4, 0.5) is 17.5 Å². The maximum Gasteiger partial charge on any atom is 0.230 e. The molecule has 8 nitrogen and oxygen atoms in total. The number of hydrogen-bond acceptors (Lipinski definition) is 6. The van der Waals surface area contributed by atoms with Crippen molar-refractivity contribution in [1.29, 1.82) is 0 Å². The number of benzene rings is 1. The van der Waals surface area contributed by atoms with Crippen LogP contribution in [0.25, 0.3) is 10.9 Å². The highest BCUT2D eigenvalue weighted by Crippen LogP contribution is 2.19. The van der Waals surface area contributed by atoms with E-state index in [1.54, 1.807) is 25.1 Å². The number of para-hydroxylation sites is 1. The molecule has 0 aliphatic heterocycles. The van der Waals surface area contributed by atoms with Crippen molar-refractivity contribution in [3.8, 4) is 0 Å². The highest BCUT2D eigenvalue weighted by atomic mass is 16.5. The zero-order valence-corrected chi connectivity index (χ0v) is 14.0. The molecule has 1 aromatic carbocycles. The minimum atomic E-state index is -0.156. The summed E-state index contributed by atoms with van der Waals surface area (Å²) < 4.78 is 4.97. The summed E-state index contributed by atoms with van der Waals surface area (Å²) in [4.78, 5) is 15.4. The Morgan fingerprint density at radius 1 is 1.12 bits per heavy atom. The number of anilines is 3. The van der Waals surface area contributed by atoms with Gasteiger partial charge in [0.2, 0.25) is 5.91 Å². The van der Waals surface area contributed by atoms with Crippen molar-refractivity contribution in [3.63, 3.8) is 0 Å². The van der Waals surface area contributed by atoms with Gasteiger partial charge in [-0.15, -0.1) is 10.2 Å². The number of H-pyrrole nitrogens is 1. The normalized spacial score (nSPS) is 10.8. The van der Waals surface area contributed by atoms with Gasteiger partial charge < -0.3 is 20.1 Å². The molecular weight excluding hydrogens is 332 g/mol. The van der Waals surface area contributed by atoms with Gasteiger partial charge in [-0.25, -0.2) is 0 Å². The van der Waals surface area contributed by atoms with Crippen molar-refractivity contribution in [1.82, 2.24) is 20.3 Å². The molecule has 1 amide bonds. The minimum Gasteiger partial charge on any atom is -0.361 e. The maximum atomic E-state index is 12.3. The number of nitrogens with one attached hydrogen (secondary N) is 3. The number of aromatic amines is 1. The second-order valence-electron chi connectivity index (χ2n) is 5.84. The van der Waals surface area contributed by atoms with E-state index in [-0.39, 0.29) is 12.3 Å². The molecule has 0 aliphatic rings. The Hall–Kier alpha value is -3.68. The Balaban J connectivity index is 1.39. The fourth-order valence-electron chi connectivity index (χ4n) is 2.66. The van der Waals surface area contributed by atoms with Gasteiger partial charge in [0.05, 0.1) is 6.42 Å². The summed E-state index contributed by atoms with van der Waals surface area (Å²) in [6, 6.07) is 13.0. The SMILES string of the molecule is Cc1cc(Nc2ccc(NC(=O)Cc3c[nH]c4ccccc34)nn2)no1. The van der Waals surface area contributed by atoms with Gasteiger partial charge in [0.15, 0.2) is 17.5 Å². The molecule has 3 heterocycles. The van der Waals surface area contributed by atoms with Crippen LogP contribution in [-0.2, 0) is 11.2 Å². The third kappa shape index (κ3) is 3.39. The van der Waals surface area contributed by atoms with E-state index in [0.717, 1.165) is 16.5 Å². The number of rotatable bonds is 5. The average Bonchev–Trinajstić information content (AvgIpc) is 3.23. The van der Waals surface area contributed by atoms with Gasteiger partial charge in [0.1, 0.15) is 5.76 Å². The summed E-state index contributed by atoms with van der Waals surface area (Å²) >= 11 is 0. The summed E-state index contributed by atoms with van der Waals surface area (Å²) in [5, 5.41) is 18.6. The van der Waals surface area contributed by atoms with Crippen molar-refractivity contribution < 1.29 is 9.32 Å². The second kappa shape index (κ2) is 6.67. The fraction of sp³-hybridized carbons (Fsp3) is 0.111. The van der Waals surface area contributed by atoms with Gasteiger partial charge in [-0.3, -0.25) is 4.79 Å². The largest absolute Gasteiger partial charge is 0.361 e. The Bertz CT molecular complexity index is 1050. The lowest BCUT2D eigenvalue weighted by molar-refractivity contribution is -0.115. The number of aromatic nitrogens is 4. The molecule has 0 bridgehead atoms. The first-order chi connectivity index (χ1) is 12.7. The quantitative estimate of drug-likeness (QED) is 0.511. The van der Waals surface area contributed by atoms with E-state index in [9.17, 15) is 4.79 Å². The number of hydrogen-bond donors (Lipinski definition) is 3. The van der Waals surface area contributed by atoms with Gasteiger partial charge in [-0.1, -0.05) is 23.4 Å². The Labute approximate surface area is 148 Å². The van der Waals surface area contributed by atoms with Gasteiger partial charge in [0.25, 0.3) is 0 Å². The van der Waals surface area contributed by atoms with Gasteiger partial charge in [-0.05, 0) is 30.7 Å². The average molecular weight is 348 g/mol. The molecule has 4 rings (SSSR count). The highest BCUT2D eigenvalue weighted by Gasteiger charge is 2.10. The van der Waals surface area contributed by atoms with E-state index in [1.165, 1.54) is 0 Å². The molecule has 0 fully saturated rings. The molecule has 0 saturated carbocycles. The number of nitrogens with zero attached hydrogens (tertiary/aromatic N) is 3. The van der Waals surface area contributed by atoms with Crippen molar-refractivity contribution in [2.75, 3.05) is 10.6 Å². The van der Waals surface area contributed by atoms with Crippen LogP contribution in [0.2, 0.25) is 0 Å². The molecule has 3 N–H and O–H groups in total. The summed E-state index contributed by atoms with van der Waals surface area (Å²) in [5.74, 6) is 1.98. The van der Waals surface area contributed by atoms with Gasteiger partial charge in [0, 0.05) is 23.2 Å². The lowest BCUT2D eigenvalue weighted by atomic mass is 10.1. The van der Waals surface area contributed by atoms with E-state index in [1.807, 2.05) is 30.5 Å². The summed E-state index contributed by atoms with van der Waals surface area (Å²) in [7, 11) is 0. The molecule has 4 aromatic rings. The zero-order valence-electron chi connectivity index (χ0n) is 14.0. The molecule has 0 spiro atoms. The lowest BCUT2D eigenvalue weighted by Crippen LogP contribution is -2.15. The molecular formula is C18H16N6O2. The van der Waals surface area contributed by atoms with E-state index < -0.39 is 0 Å².